The maximum Gasteiger partial charge on any atom is 0.131 e. The van der Waals surface area contributed by atoms with Crippen LogP contribution in [0.25, 0.3) is 0 Å². The molecule has 0 radical (unpaired) electrons. The van der Waals surface area contributed by atoms with Crippen molar-refractivity contribution >= 4 is 17.6 Å². The van der Waals surface area contributed by atoms with Crippen molar-refractivity contribution in [3.8, 4) is 0 Å². The van der Waals surface area contributed by atoms with Crippen LogP contribution in [-0.4, -0.2) is 22.3 Å². The number of rotatable bonds is 4. The van der Waals surface area contributed by atoms with Gasteiger partial charge < -0.3 is 5.32 Å². The lowest BCUT2D eigenvalue weighted by molar-refractivity contribution is 0.394. The zero-order valence-corrected chi connectivity index (χ0v) is 12.4. The van der Waals surface area contributed by atoms with Crippen LogP contribution in [0.15, 0.2) is 11.1 Å². The number of aryl methyl sites for hydroxylation is 1. The van der Waals surface area contributed by atoms with E-state index in [1.54, 1.807) is 0 Å². The lowest BCUT2D eigenvalue weighted by Gasteiger charge is -2.25. The highest BCUT2D eigenvalue weighted by molar-refractivity contribution is 7.99. The van der Waals surface area contributed by atoms with Crippen LogP contribution in [0, 0.1) is 5.92 Å². The molecule has 0 aliphatic heterocycles. The van der Waals surface area contributed by atoms with Crippen molar-refractivity contribution in [1.29, 1.82) is 0 Å². The zero-order chi connectivity index (χ0) is 13.0. The van der Waals surface area contributed by atoms with Gasteiger partial charge in [0.2, 0.25) is 0 Å². The fourth-order valence-corrected chi connectivity index (χ4v) is 3.86. The van der Waals surface area contributed by atoms with Gasteiger partial charge in [-0.25, -0.2) is 9.97 Å². The Morgan fingerprint density at radius 2 is 2.22 bits per heavy atom. The molecule has 1 aromatic rings. The van der Waals surface area contributed by atoms with Crippen LogP contribution < -0.4 is 5.32 Å². The molecule has 1 aromatic heterocycles. The molecule has 0 amide bonds. The molecule has 3 nitrogen and oxygen atoms in total. The lowest BCUT2D eigenvalue weighted by Crippen LogP contribution is -2.15. The van der Waals surface area contributed by atoms with Gasteiger partial charge in [0.1, 0.15) is 16.7 Å². The summed E-state index contributed by atoms with van der Waals surface area (Å²) in [7, 11) is 1.92. The molecule has 1 aliphatic carbocycles. The molecule has 1 heterocycles. The van der Waals surface area contributed by atoms with E-state index in [2.05, 4.69) is 35.2 Å². The predicted molar refractivity (Wildman–Crippen MR) is 78.2 cm³/mol. The summed E-state index contributed by atoms with van der Waals surface area (Å²) in [5, 5.41) is 4.99. The molecule has 4 heteroatoms. The third-order valence-electron chi connectivity index (χ3n) is 3.50. The molecule has 1 N–H and O–H groups in total. The number of anilines is 1. The van der Waals surface area contributed by atoms with Crippen LogP contribution in [-0.2, 0) is 6.42 Å². The van der Waals surface area contributed by atoms with E-state index in [9.17, 15) is 0 Å². The number of thioether (sulfide) groups is 1. The second-order valence-corrected chi connectivity index (χ2v) is 6.44. The van der Waals surface area contributed by atoms with E-state index in [-0.39, 0.29) is 0 Å². The molecule has 0 bridgehead atoms. The molecule has 2 unspecified atom stereocenters. The lowest BCUT2D eigenvalue weighted by atomic mass is 9.91. The van der Waals surface area contributed by atoms with Crippen molar-refractivity contribution in [2.45, 2.75) is 56.2 Å². The first-order valence-electron chi connectivity index (χ1n) is 6.93. The van der Waals surface area contributed by atoms with E-state index in [0.717, 1.165) is 34.3 Å². The average molecular weight is 265 g/mol. The molecule has 2 atom stereocenters. The van der Waals surface area contributed by atoms with Crippen molar-refractivity contribution in [2.75, 3.05) is 12.4 Å². The van der Waals surface area contributed by atoms with Gasteiger partial charge >= 0.3 is 0 Å². The van der Waals surface area contributed by atoms with Gasteiger partial charge in [-0.15, -0.1) is 11.8 Å². The number of nitrogens with one attached hydrogen (secondary N) is 1. The van der Waals surface area contributed by atoms with Crippen molar-refractivity contribution in [2.24, 2.45) is 5.92 Å². The predicted octanol–water partition coefficient (Wildman–Crippen LogP) is 3.75. The molecule has 100 valence electrons. The van der Waals surface area contributed by atoms with Crippen molar-refractivity contribution in [3.05, 3.63) is 11.9 Å². The van der Waals surface area contributed by atoms with Crippen LogP contribution >= 0.6 is 11.8 Å². The van der Waals surface area contributed by atoms with Gasteiger partial charge in [-0.1, -0.05) is 26.7 Å². The number of hydrogen-bond donors (Lipinski definition) is 1. The van der Waals surface area contributed by atoms with Crippen LogP contribution in [0.3, 0.4) is 0 Å². The molecule has 18 heavy (non-hydrogen) atoms. The van der Waals surface area contributed by atoms with Crippen molar-refractivity contribution in [1.82, 2.24) is 9.97 Å². The second kappa shape index (κ2) is 6.41. The minimum absolute atomic E-state index is 0.734. The minimum Gasteiger partial charge on any atom is -0.373 e. The quantitative estimate of drug-likeness (QED) is 0.841. The molecule has 1 aliphatic rings. The van der Waals surface area contributed by atoms with Gasteiger partial charge in [0, 0.05) is 24.8 Å². The molecular formula is C14H23N3S. The fourth-order valence-electron chi connectivity index (χ4n) is 2.48. The van der Waals surface area contributed by atoms with Crippen LogP contribution in [0.4, 0.5) is 5.82 Å². The molecule has 2 rings (SSSR count). The Kier molecular flexibility index (Phi) is 4.87. The summed E-state index contributed by atoms with van der Waals surface area (Å²) in [6.45, 7) is 4.47. The summed E-state index contributed by atoms with van der Waals surface area (Å²) in [4.78, 5) is 9.07. The van der Waals surface area contributed by atoms with Crippen molar-refractivity contribution in [3.63, 3.8) is 0 Å². The topological polar surface area (TPSA) is 37.8 Å². The Hall–Kier alpha value is -0.770. The molecular weight excluding hydrogens is 242 g/mol. The highest BCUT2D eigenvalue weighted by atomic mass is 32.2. The van der Waals surface area contributed by atoms with Gasteiger partial charge in [-0.2, -0.15) is 0 Å². The van der Waals surface area contributed by atoms with E-state index in [4.69, 9.17) is 0 Å². The Morgan fingerprint density at radius 3 is 2.89 bits per heavy atom. The zero-order valence-electron chi connectivity index (χ0n) is 11.6. The summed E-state index contributed by atoms with van der Waals surface area (Å²) >= 11 is 1.94. The van der Waals surface area contributed by atoms with Crippen LogP contribution in [0.2, 0.25) is 0 Å². The summed E-state index contributed by atoms with van der Waals surface area (Å²) in [5.41, 5.74) is 0. The van der Waals surface area contributed by atoms with E-state index in [0.29, 0.717) is 0 Å². The number of nitrogens with zero attached hydrogens (tertiary/aromatic N) is 2. The monoisotopic (exact) mass is 265 g/mol. The Balaban J connectivity index is 2.07. The molecule has 0 spiro atoms. The minimum atomic E-state index is 0.734. The highest BCUT2D eigenvalue weighted by Crippen LogP contribution is 2.35. The van der Waals surface area contributed by atoms with E-state index < -0.39 is 0 Å². The highest BCUT2D eigenvalue weighted by Gasteiger charge is 2.20. The number of hydrogen-bond acceptors (Lipinski definition) is 4. The van der Waals surface area contributed by atoms with E-state index >= 15 is 0 Å². The maximum absolute atomic E-state index is 4.63. The molecule has 1 fully saturated rings. The molecule has 0 aromatic carbocycles. The Morgan fingerprint density at radius 1 is 1.39 bits per heavy atom. The maximum atomic E-state index is 4.63. The van der Waals surface area contributed by atoms with E-state index in [1.807, 2.05) is 18.8 Å². The molecule has 0 saturated heterocycles. The number of aromatic nitrogens is 2. The summed E-state index contributed by atoms with van der Waals surface area (Å²) in [6.07, 6.45) is 6.30. The van der Waals surface area contributed by atoms with Crippen LogP contribution in [0.5, 0.6) is 0 Å². The van der Waals surface area contributed by atoms with E-state index in [1.165, 1.54) is 25.7 Å². The largest absolute Gasteiger partial charge is 0.373 e. The smallest absolute Gasteiger partial charge is 0.131 e. The normalized spacial score (nSPS) is 23.9. The first-order valence-corrected chi connectivity index (χ1v) is 7.81. The second-order valence-electron chi connectivity index (χ2n) is 5.12. The van der Waals surface area contributed by atoms with Gasteiger partial charge in [-0.05, 0) is 18.8 Å². The van der Waals surface area contributed by atoms with Gasteiger partial charge in [0.15, 0.2) is 0 Å². The SMILES string of the molecule is CCc1nc(NC)cc(SC2CCCC(C)C2)n1. The third kappa shape index (κ3) is 3.61. The summed E-state index contributed by atoms with van der Waals surface area (Å²) in [6, 6.07) is 2.07. The first kappa shape index (κ1) is 13.7. The van der Waals surface area contributed by atoms with Gasteiger partial charge in [0.25, 0.3) is 0 Å². The third-order valence-corrected chi connectivity index (χ3v) is 4.71. The Bertz CT molecular complexity index is 372. The van der Waals surface area contributed by atoms with Gasteiger partial charge in [-0.3, -0.25) is 0 Å². The van der Waals surface area contributed by atoms with Crippen molar-refractivity contribution < 1.29 is 0 Å². The Labute approximate surface area is 114 Å². The first-order chi connectivity index (χ1) is 8.71. The summed E-state index contributed by atoms with van der Waals surface area (Å²) in [5.74, 6) is 2.74. The summed E-state index contributed by atoms with van der Waals surface area (Å²) < 4.78 is 0. The van der Waals surface area contributed by atoms with Crippen LogP contribution in [0.1, 0.15) is 45.4 Å². The average Bonchev–Trinajstić information content (AvgIpc) is 2.38. The standard InChI is InChI=1S/C14H23N3S/c1-4-12-16-13(15-3)9-14(17-12)18-11-7-5-6-10(2)8-11/h9-11H,4-8H2,1-3H3,(H,15,16,17). The fraction of sp³-hybridized carbons (Fsp3) is 0.714. The van der Waals surface area contributed by atoms with Gasteiger partial charge in [0.05, 0.1) is 0 Å². The molecule has 1 saturated carbocycles.